The van der Waals surface area contributed by atoms with Gasteiger partial charge in [-0.15, -0.1) is 0 Å². The van der Waals surface area contributed by atoms with Crippen molar-refractivity contribution in [2.24, 2.45) is 5.73 Å². The fraction of sp³-hybridized carbons (Fsp3) is 0.250. The van der Waals surface area contributed by atoms with Crippen molar-refractivity contribution in [3.05, 3.63) is 65.2 Å². The maximum Gasteiger partial charge on any atom is 0.123 e. The van der Waals surface area contributed by atoms with Crippen LogP contribution in [0, 0.1) is 6.92 Å². The van der Waals surface area contributed by atoms with Gasteiger partial charge in [0, 0.05) is 11.6 Å². The fourth-order valence-corrected chi connectivity index (χ4v) is 2.12. The van der Waals surface area contributed by atoms with E-state index in [0.717, 1.165) is 17.7 Å². The average Bonchev–Trinajstić information content (AvgIpc) is 2.40. The van der Waals surface area contributed by atoms with Crippen LogP contribution in [-0.2, 0) is 6.42 Å². The third-order valence-electron chi connectivity index (χ3n) is 3.08. The molecule has 0 aliphatic rings. The molecule has 94 valence electrons. The standard InChI is InChI=1S/C16H19NO/c1-12-8-9-16(18-2)14(10-12)15(17)11-13-6-4-3-5-7-13/h3-10,15H,11,17H2,1-2H3. The summed E-state index contributed by atoms with van der Waals surface area (Å²) in [6.45, 7) is 2.07. The van der Waals surface area contributed by atoms with Crippen LogP contribution in [0.15, 0.2) is 48.5 Å². The van der Waals surface area contributed by atoms with Crippen molar-refractivity contribution in [2.45, 2.75) is 19.4 Å². The van der Waals surface area contributed by atoms with Gasteiger partial charge in [0.1, 0.15) is 5.75 Å². The first kappa shape index (κ1) is 12.7. The molecule has 0 fully saturated rings. The molecule has 0 spiro atoms. The Kier molecular flexibility index (Phi) is 4.00. The maximum atomic E-state index is 6.29. The van der Waals surface area contributed by atoms with Gasteiger partial charge < -0.3 is 10.5 Å². The van der Waals surface area contributed by atoms with Crippen molar-refractivity contribution >= 4 is 0 Å². The Labute approximate surface area is 108 Å². The van der Waals surface area contributed by atoms with Crippen molar-refractivity contribution in [3.63, 3.8) is 0 Å². The summed E-state index contributed by atoms with van der Waals surface area (Å²) < 4.78 is 5.38. The van der Waals surface area contributed by atoms with Gasteiger partial charge in [0.05, 0.1) is 7.11 Å². The molecule has 0 aliphatic heterocycles. The van der Waals surface area contributed by atoms with Gasteiger partial charge in [0.2, 0.25) is 0 Å². The molecule has 0 saturated heterocycles. The number of benzene rings is 2. The minimum Gasteiger partial charge on any atom is -0.496 e. The first-order valence-electron chi connectivity index (χ1n) is 6.14. The Morgan fingerprint density at radius 2 is 1.83 bits per heavy atom. The number of rotatable bonds is 4. The summed E-state index contributed by atoms with van der Waals surface area (Å²) in [4.78, 5) is 0. The normalized spacial score (nSPS) is 12.2. The molecule has 0 bridgehead atoms. The lowest BCUT2D eigenvalue weighted by atomic mass is 9.97. The molecular weight excluding hydrogens is 222 g/mol. The summed E-state index contributed by atoms with van der Waals surface area (Å²) in [5, 5.41) is 0. The summed E-state index contributed by atoms with van der Waals surface area (Å²) in [5.74, 6) is 0.865. The molecule has 1 atom stereocenters. The van der Waals surface area contributed by atoms with E-state index in [1.54, 1.807) is 7.11 Å². The predicted molar refractivity (Wildman–Crippen MR) is 74.8 cm³/mol. The van der Waals surface area contributed by atoms with Gasteiger partial charge in [0.25, 0.3) is 0 Å². The van der Waals surface area contributed by atoms with Crippen molar-refractivity contribution < 1.29 is 4.74 Å². The third-order valence-corrected chi connectivity index (χ3v) is 3.08. The second kappa shape index (κ2) is 5.69. The summed E-state index contributed by atoms with van der Waals surface area (Å²) in [6, 6.07) is 16.4. The van der Waals surface area contributed by atoms with E-state index in [-0.39, 0.29) is 6.04 Å². The van der Waals surface area contributed by atoms with E-state index < -0.39 is 0 Å². The maximum absolute atomic E-state index is 6.29. The molecule has 0 amide bonds. The van der Waals surface area contributed by atoms with Crippen LogP contribution in [0.3, 0.4) is 0 Å². The lowest BCUT2D eigenvalue weighted by Crippen LogP contribution is -2.14. The van der Waals surface area contributed by atoms with Crippen LogP contribution < -0.4 is 10.5 Å². The molecule has 2 N–H and O–H groups in total. The molecule has 2 aromatic carbocycles. The second-order valence-corrected chi connectivity index (χ2v) is 4.54. The fourth-order valence-electron chi connectivity index (χ4n) is 2.12. The van der Waals surface area contributed by atoms with E-state index in [9.17, 15) is 0 Å². The van der Waals surface area contributed by atoms with Gasteiger partial charge in [-0.05, 0) is 25.0 Å². The van der Waals surface area contributed by atoms with Gasteiger partial charge in [-0.3, -0.25) is 0 Å². The zero-order valence-electron chi connectivity index (χ0n) is 10.9. The quantitative estimate of drug-likeness (QED) is 0.891. The SMILES string of the molecule is COc1ccc(C)cc1C(N)Cc1ccccc1. The van der Waals surface area contributed by atoms with Crippen molar-refractivity contribution in [1.29, 1.82) is 0 Å². The lowest BCUT2D eigenvalue weighted by Gasteiger charge is -2.16. The highest BCUT2D eigenvalue weighted by Crippen LogP contribution is 2.27. The van der Waals surface area contributed by atoms with Gasteiger partial charge in [0.15, 0.2) is 0 Å². The molecule has 0 aliphatic carbocycles. The van der Waals surface area contributed by atoms with Crippen LogP contribution in [0.5, 0.6) is 5.75 Å². The van der Waals surface area contributed by atoms with Crippen LogP contribution in [0.25, 0.3) is 0 Å². The van der Waals surface area contributed by atoms with E-state index in [1.165, 1.54) is 11.1 Å². The van der Waals surface area contributed by atoms with Crippen molar-refractivity contribution in [3.8, 4) is 5.75 Å². The van der Waals surface area contributed by atoms with E-state index in [1.807, 2.05) is 30.3 Å². The molecule has 2 heteroatoms. The first-order valence-corrected chi connectivity index (χ1v) is 6.14. The minimum atomic E-state index is -0.0396. The summed E-state index contributed by atoms with van der Waals surface area (Å²) >= 11 is 0. The largest absolute Gasteiger partial charge is 0.496 e. The first-order chi connectivity index (χ1) is 8.70. The molecule has 18 heavy (non-hydrogen) atoms. The average molecular weight is 241 g/mol. The van der Waals surface area contributed by atoms with Crippen LogP contribution in [0.1, 0.15) is 22.7 Å². The number of hydrogen-bond acceptors (Lipinski definition) is 2. The van der Waals surface area contributed by atoms with Crippen LogP contribution in [0.2, 0.25) is 0 Å². The number of aryl methyl sites for hydroxylation is 1. The van der Waals surface area contributed by atoms with E-state index in [0.29, 0.717) is 0 Å². The van der Waals surface area contributed by atoms with Gasteiger partial charge in [-0.1, -0.05) is 48.0 Å². The number of ether oxygens (including phenoxy) is 1. The zero-order chi connectivity index (χ0) is 13.0. The van der Waals surface area contributed by atoms with Crippen LogP contribution >= 0.6 is 0 Å². The van der Waals surface area contributed by atoms with Gasteiger partial charge in [-0.2, -0.15) is 0 Å². The monoisotopic (exact) mass is 241 g/mol. The number of hydrogen-bond donors (Lipinski definition) is 1. The Hall–Kier alpha value is -1.80. The lowest BCUT2D eigenvalue weighted by molar-refractivity contribution is 0.405. The molecule has 2 rings (SSSR count). The highest BCUT2D eigenvalue weighted by Gasteiger charge is 2.12. The van der Waals surface area contributed by atoms with Crippen LogP contribution in [-0.4, -0.2) is 7.11 Å². The Balaban J connectivity index is 2.23. The Morgan fingerprint density at radius 1 is 1.11 bits per heavy atom. The van der Waals surface area contributed by atoms with Gasteiger partial charge in [-0.25, -0.2) is 0 Å². The molecule has 0 radical (unpaired) electrons. The highest BCUT2D eigenvalue weighted by atomic mass is 16.5. The molecule has 0 saturated carbocycles. The van der Waals surface area contributed by atoms with Crippen LogP contribution in [0.4, 0.5) is 0 Å². The zero-order valence-corrected chi connectivity index (χ0v) is 10.9. The minimum absolute atomic E-state index is 0.0396. The van der Waals surface area contributed by atoms with E-state index in [4.69, 9.17) is 10.5 Å². The van der Waals surface area contributed by atoms with Crippen molar-refractivity contribution in [2.75, 3.05) is 7.11 Å². The Morgan fingerprint density at radius 3 is 2.50 bits per heavy atom. The smallest absolute Gasteiger partial charge is 0.123 e. The molecular formula is C16H19NO. The van der Waals surface area contributed by atoms with E-state index >= 15 is 0 Å². The third kappa shape index (κ3) is 2.90. The summed E-state index contributed by atoms with van der Waals surface area (Å²) in [6.07, 6.45) is 0.820. The topological polar surface area (TPSA) is 35.2 Å². The second-order valence-electron chi connectivity index (χ2n) is 4.54. The molecule has 2 nitrogen and oxygen atoms in total. The number of methoxy groups -OCH3 is 1. The van der Waals surface area contributed by atoms with Crippen molar-refractivity contribution in [1.82, 2.24) is 0 Å². The summed E-state index contributed by atoms with van der Waals surface area (Å²) in [5.41, 5.74) is 9.81. The predicted octanol–water partition coefficient (Wildman–Crippen LogP) is 3.25. The molecule has 0 heterocycles. The molecule has 1 unspecified atom stereocenters. The molecule has 0 aromatic heterocycles. The number of nitrogens with two attached hydrogens (primary N) is 1. The Bertz CT molecular complexity index is 508. The van der Waals surface area contributed by atoms with Gasteiger partial charge >= 0.3 is 0 Å². The summed E-state index contributed by atoms with van der Waals surface area (Å²) in [7, 11) is 1.68. The molecule has 2 aromatic rings. The highest BCUT2D eigenvalue weighted by molar-refractivity contribution is 5.39. The van der Waals surface area contributed by atoms with E-state index in [2.05, 4.69) is 25.1 Å².